The zero-order valence-electron chi connectivity index (χ0n) is 8.31. The Morgan fingerprint density at radius 2 is 1.94 bits per heavy atom. The van der Waals surface area contributed by atoms with Crippen molar-refractivity contribution in [2.24, 2.45) is 11.5 Å². The Morgan fingerprint density at radius 1 is 1.38 bits per heavy atom. The fourth-order valence-corrected chi connectivity index (χ4v) is 1.17. The summed E-state index contributed by atoms with van der Waals surface area (Å²) in [4.78, 5) is 0. The maximum absolute atomic E-state index is 10.4. The summed E-state index contributed by atoms with van der Waals surface area (Å²) >= 11 is 0. The Hall–Kier alpha value is -0.580. The number of benzene rings is 1. The summed E-state index contributed by atoms with van der Waals surface area (Å²) in [6.07, 6.45) is 0. The fourth-order valence-electron chi connectivity index (χ4n) is 0.948. The number of hydrogen-bond acceptors (Lipinski definition) is 4. The highest BCUT2D eigenvalue weighted by atomic mass is 127. The summed E-state index contributed by atoms with van der Waals surface area (Å²) in [5, 5.41) is 10.4. The highest BCUT2D eigenvalue weighted by molar-refractivity contribution is 7.19. The molecule has 0 heterocycles. The van der Waals surface area contributed by atoms with Crippen LogP contribution in [0, 0.1) is 17.2 Å². The molecular weight excluding hydrogens is 340 g/mol. The van der Waals surface area contributed by atoms with Crippen LogP contribution in [0.1, 0.15) is 0 Å². The summed E-state index contributed by atoms with van der Waals surface area (Å²) in [7, 11) is 2.24. The van der Waals surface area contributed by atoms with E-state index in [9.17, 15) is 5.21 Å². The first kappa shape index (κ1) is 15.4. The molecule has 5 nitrogen and oxygen atoms in total. The van der Waals surface area contributed by atoms with Crippen molar-refractivity contribution in [3.8, 4) is 17.7 Å². The largest absolute Gasteiger partial charge is 1.00 e. The van der Waals surface area contributed by atoms with Crippen LogP contribution in [-0.2, 0) is 0 Å². The molecule has 0 spiro atoms. The number of halogens is 1. The van der Waals surface area contributed by atoms with Gasteiger partial charge in [-0.05, 0) is 18.1 Å². The molecule has 0 aliphatic rings. The number of rotatable bonds is 3. The molecule has 0 saturated carbocycles. The van der Waals surface area contributed by atoms with Gasteiger partial charge in [0.15, 0.2) is 0 Å². The molecule has 6 N–H and O–H groups in total. The van der Waals surface area contributed by atoms with Gasteiger partial charge in [-0.1, -0.05) is 9.24 Å². The summed E-state index contributed by atoms with van der Waals surface area (Å²) < 4.78 is 5.31. The van der Waals surface area contributed by atoms with Crippen molar-refractivity contribution >= 4 is 14.9 Å². The molecule has 1 aromatic rings. The smallest absolute Gasteiger partial charge is 0.235 e. The van der Waals surface area contributed by atoms with Crippen molar-refractivity contribution in [2.75, 3.05) is 0 Å². The third-order valence-corrected chi connectivity index (χ3v) is 1.83. The number of hydrogen-bond donors (Lipinski definition) is 3. The second kappa shape index (κ2) is 6.89. The van der Waals surface area contributed by atoms with Crippen LogP contribution in [0.5, 0.6) is 5.75 Å². The van der Waals surface area contributed by atoms with Crippen LogP contribution < -0.4 is 45.7 Å². The zero-order chi connectivity index (χ0) is 11.3. The van der Waals surface area contributed by atoms with Gasteiger partial charge in [-0.15, -0.1) is 0 Å². The maximum Gasteiger partial charge on any atom is 0.235 e. The third kappa shape index (κ3) is 4.96. The van der Waals surface area contributed by atoms with E-state index in [1.807, 2.05) is 0 Å². The number of quaternary nitrogens is 1. The minimum Gasteiger partial charge on any atom is -1.00 e. The lowest BCUT2D eigenvalue weighted by Crippen LogP contribution is -3.00. The lowest BCUT2D eigenvalue weighted by Gasteiger charge is -2.19. The molecule has 0 amide bonds. The lowest BCUT2D eigenvalue weighted by molar-refractivity contribution is -0.497. The molecule has 0 radical (unpaired) electrons. The highest BCUT2D eigenvalue weighted by Gasteiger charge is 2.16. The highest BCUT2D eigenvalue weighted by Crippen LogP contribution is 2.20. The Labute approximate surface area is 113 Å². The van der Waals surface area contributed by atoms with Crippen molar-refractivity contribution < 1.29 is 34.2 Å². The van der Waals surface area contributed by atoms with Crippen LogP contribution in [0.3, 0.4) is 0 Å². The summed E-state index contributed by atoms with van der Waals surface area (Å²) in [5.74, 6) is 2.99. The van der Waals surface area contributed by atoms with Crippen molar-refractivity contribution in [3.63, 3.8) is 0 Å². The Morgan fingerprint density at radius 3 is 2.38 bits per heavy atom. The van der Waals surface area contributed by atoms with E-state index in [1.165, 1.54) is 0 Å². The first-order chi connectivity index (χ1) is 7.07. The van der Waals surface area contributed by atoms with E-state index in [2.05, 4.69) is 21.2 Å². The molecule has 0 aliphatic heterocycles. The molecule has 1 aromatic carbocycles. The molecule has 2 unspecified atom stereocenters. The normalized spacial score (nSPS) is 12.7. The molecular formula is C9H12IN3O2P-. The van der Waals surface area contributed by atoms with Gasteiger partial charge >= 0.3 is 0 Å². The first-order valence-corrected chi connectivity index (χ1v) is 4.70. The molecule has 1 rings (SSSR count). The van der Waals surface area contributed by atoms with Crippen LogP contribution in [0.25, 0.3) is 0 Å². The van der Waals surface area contributed by atoms with Gasteiger partial charge in [0.25, 0.3) is 0 Å². The van der Waals surface area contributed by atoms with Crippen LogP contribution in [0.2, 0.25) is 0 Å². The molecule has 7 heteroatoms. The van der Waals surface area contributed by atoms with E-state index in [4.69, 9.17) is 16.2 Å². The molecule has 16 heavy (non-hydrogen) atoms. The quantitative estimate of drug-likeness (QED) is 0.0987. The van der Waals surface area contributed by atoms with E-state index in [-0.39, 0.29) is 24.0 Å². The van der Waals surface area contributed by atoms with E-state index >= 15 is 0 Å². The van der Waals surface area contributed by atoms with Crippen LogP contribution in [0.15, 0.2) is 24.3 Å². The van der Waals surface area contributed by atoms with Crippen molar-refractivity contribution in [1.82, 2.24) is 0 Å². The van der Waals surface area contributed by atoms with E-state index < -0.39 is 5.47 Å². The average molecular weight is 352 g/mol. The zero-order valence-corrected chi connectivity index (χ0v) is 11.6. The fraction of sp³-hybridized carbons (Fsp3) is 0.111. The Balaban J connectivity index is 0.00000225. The van der Waals surface area contributed by atoms with Crippen molar-refractivity contribution in [2.45, 2.75) is 5.47 Å². The number of ether oxygens (including phenoxy) is 1. The molecule has 0 aliphatic carbocycles. The monoisotopic (exact) mass is 352 g/mol. The lowest BCUT2D eigenvalue weighted by atomic mass is 10.3. The standard InChI is InChI=1S/C9H12N3O2P.HI/c10-6-5-9(11,15)14-8-3-1-7(12-13)2-4-8;/h1-4H,10-12,15H2;1H/p-1. The average Bonchev–Trinajstić information content (AvgIpc) is 2.18. The van der Waals surface area contributed by atoms with Gasteiger partial charge < -0.3 is 45.1 Å². The molecule has 0 bridgehead atoms. The predicted molar refractivity (Wildman–Crippen MR) is 60.6 cm³/mol. The topological polar surface area (TPSA) is 101 Å². The third-order valence-electron chi connectivity index (χ3n) is 1.57. The Bertz CT molecular complexity index is 386. The van der Waals surface area contributed by atoms with Crippen LogP contribution in [-0.4, -0.2) is 5.47 Å². The SMILES string of the molecule is NC#CC(N)(P)Oc1ccc([NH2+][O-])cc1.[I-]. The van der Waals surface area contributed by atoms with Gasteiger partial charge in [-0.3, -0.25) is 5.73 Å². The first-order valence-electron chi connectivity index (χ1n) is 4.12. The molecule has 88 valence electrons. The summed E-state index contributed by atoms with van der Waals surface area (Å²) in [5.41, 5.74) is 10.8. The van der Waals surface area contributed by atoms with Gasteiger partial charge in [0.05, 0.1) is 0 Å². The second-order valence-corrected chi connectivity index (χ2v) is 3.71. The van der Waals surface area contributed by atoms with Crippen LogP contribution >= 0.6 is 9.24 Å². The van der Waals surface area contributed by atoms with Gasteiger partial charge in [-0.2, -0.15) is 0 Å². The minimum atomic E-state index is -1.21. The van der Waals surface area contributed by atoms with Crippen LogP contribution in [0.4, 0.5) is 5.69 Å². The van der Waals surface area contributed by atoms with E-state index in [0.717, 1.165) is 5.48 Å². The number of nitrogens with two attached hydrogens (primary N) is 3. The summed E-state index contributed by atoms with van der Waals surface area (Å²) in [6.45, 7) is 0. The Kier molecular flexibility index (Phi) is 6.64. The maximum atomic E-state index is 10.4. The van der Waals surface area contributed by atoms with Gasteiger partial charge in [0.1, 0.15) is 11.4 Å². The van der Waals surface area contributed by atoms with Gasteiger partial charge in [0, 0.05) is 18.2 Å². The molecule has 0 saturated heterocycles. The van der Waals surface area contributed by atoms with Crippen molar-refractivity contribution in [1.29, 1.82) is 0 Å². The molecule has 0 fully saturated rings. The van der Waals surface area contributed by atoms with Crippen molar-refractivity contribution in [3.05, 3.63) is 29.5 Å². The second-order valence-electron chi connectivity index (χ2n) is 2.85. The minimum absolute atomic E-state index is 0. The summed E-state index contributed by atoms with van der Waals surface area (Å²) in [6, 6.07) is 8.69. The van der Waals surface area contributed by atoms with Gasteiger partial charge in [-0.25, -0.2) is 0 Å². The predicted octanol–water partition coefficient (Wildman–Crippen LogP) is -3.83. The molecule has 0 aromatic heterocycles. The molecule has 2 atom stereocenters. The van der Waals surface area contributed by atoms with E-state index in [1.54, 1.807) is 24.3 Å². The van der Waals surface area contributed by atoms with Gasteiger partial charge in [0.2, 0.25) is 5.47 Å². The van der Waals surface area contributed by atoms with E-state index in [0.29, 0.717) is 11.4 Å².